The second-order valence-electron chi connectivity index (χ2n) is 5.12. The van der Waals surface area contributed by atoms with Crippen molar-refractivity contribution in [2.45, 2.75) is 37.8 Å². The third-order valence-electron chi connectivity index (χ3n) is 3.65. The number of aromatic nitrogens is 2. The van der Waals surface area contributed by atoms with Crippen LogP contribution in [0.5, 0.6) is 0 Å². The summed E-state index contributed by atoms with van der Waals surface area (Å²) in [7, 11) is 0. The standard InChI is InChI=1S/C14H16N4O4/c19-11(13-15-5-7-21-13)17-9-3-1-2-4-10(9)18-12(20)14-16-6-8-22-14/h5-10H,1-4H2,(H,17,19)(H,18,20). The summed E-state index contributed by atoms with van der Waals surface area (Å²) in [5, 5.41) is 5.72. The maximum Gasteiger partial charge on any atom is 0.307 e. The van der Waals surface area contributed by atoms with Crippen molar-refractivity contribution in [3.63, 3.8) is 0 Å². The molecule has 1 aliphatic carbocycles. The molecule has 2 unspecified atom stereocenters. The number of hydrogen-bond acceptors (Lipinski definition) is 6. The molecule has 1 saturated carbocycles. The minimum absolute atomic E-state index is 0.0170. The van der Waals surface area contributed by atoms with E-state index in [1.54, 1.807) is 0 Å². The molecule has 0 spiro atoms. The van der Waals surface area contributed by atoms with Gasteiger partial charge in [-0.25, -0.2) is 9.97 Å². The first-order valence-corrected chi connectivity index (χ1v) is 7.15. The fraction of sp³-hybridized carbons (Fsp3) is 0.429. The molecule has 22 heavy (non-hydrogen) atoms. The Kier molecular flexibility index (Phi) is 4.17. The minimum Gasteiger partial charge on any atom is -0.441 e. The maximum atomic E-state index is 12.0. The summed E-state index contributed by atoms with van der Waals surface area (Å²) in [6, 6.07) is -0.348. The number of oxazole rings is 2. The molecule has 8 nitrogen and oxygen atoms in total. The Morgan fingerprint density at radius 3 is 1.73 bits per heavy atom. The third kappa shape index (κ3) is 3.16. The Morgan fingerprint density at radius 1 is 0.909 bits per heavy atom. The summed E-state index contributed by atoms with van der Waals surface area (Å²) < 4.78 is 9.95. The van der Waals surface area contributed by atoms with Gasteiger partial charge in [-0.05, 0) is 12.8 Å². The highest BCUT2D eigenvalue weighted by Gasteiger charge is 2.30. The monoisotopic (exact) mass is 304 g/mol. The van der Waals surface area contributed by atoms with Gasteiger partial charge in [0.05, 0.1) is 12.4 Å². The van der Waals surface area contributed by atoms with E-state index in [-0.39, 0.29) is 35.7 Å². The van der Waals surface area contributed by atoms with Crippen molar-refractivity contribution in [2.75, 3.05) is 0 Å². The normalized spacial score (nSPS) is 21.3. The fourth-order valence-electron chi connectivity index (χ4n) is 2.61. The molecule has 8 heteroatoms. The van der Waals surface area contributed by atoms with Gasteiger partial charge in [-0.1, -0.05) is 12.8 Å². The topological polar surface area (TPSA) is 110 Å². The van der Waals surface area contributed by atoms with Crippen LogP contribution in [-0.4, -0.2) is 33.9 Å². The third-order valence-corrected chi connectivity index (χ3v) is 3.65. The summed E-state index contributed by atoms with van der Waals surface area (Å²) in [5.41, 5.74) is 0. The zero-order valence-electron chi connectivity index (χ0n) is 11.8. The van der Waals surface area contributed by atoms with Crippen LogP contribution in [0.2, 0.25) is 0 Å². The van der Waals surface area contributed by atoms with E-state index < -0.39 is 0 Å². The first-order valence-electron chi connectivity index (χ1n) is 7.15. The number of carbonyl (C=O) groups excluding carboxylic acids is 2. The van der Waals surface area contributed by atoms with Crippen molar-refractivity contribution < 1.29 is 18.4 Å². The molecule has 2 N–H and O–H groups in total. The molecule has 3 rings (SSSR count). The van der Waals surface area contributed by atoms with Crippen LogP contribution in [0, 0.1) is 0 Å². The van der Waals surface area contributed by atoms with Crippen LogP contribution >= 0.6 is 0 Å². The van der Waals surface area contributed by atoms with Crippen molar-refractivity contribution in [1.82, 2.24) is 20.6 Å². The summed E-state index contributed by atoms with van der Waals surface area (Å²) in [6.07, 6.45) is 9.06. The van der Waals surface area contributed by atoms with Crippen molar-refractivity contribution in [2.24, 2.45) is 0 Å². The number of carbonyl (C=O) groups is 2. The lowest BCUT2D eigenvalue weighted by Gasteiger charge is -2.32. The highest BCUT2D eigenvalue weighted by atomic mass is 16.4. The van der Waals surface area contributed by atoms with Gasteiger partial charge in [0, 0.05) is 12.1 Å². The lowest BCUT2D eigenvalue weighted by molar-refractivity contribution is 0.0827. The largest absolute Gasteiger partial charge is 0.441 e. The van der Waals surface area contributed by atoms with E-state index >= 15 is 0 Å². The molecule has 1 fully saturated rings. The molecule has 0 aromatic carbocycles. The summed E-state index contributed by atoms with van der Waals surface area (Å²) >= 11 is 0. The van der Waals surface area contributed by atoms with E-state index in [1.165, 1.54) is 24.9 Å². The van der Waals surface area contributed by atoms with E-state index in [0.29, 0.717) is 0 Å². The molecule has 0 bridgehead atoms. The van der Waals surface area contributed by atoms with E-state index in [0.717, 1.165) is 25.7 Å². The molecule has 2 amide bonds. The van der Waals surface area contributed by atoms with Crippen molar-refractivity contribution in [3.05, 3.63) is 36.7 Å². The van der Waals surface area contributed by atoms with Crippen molar-refractivity contribution in [3.8, 4) is 0 Å². The van der Waals surface area contributed by atoms with Gasteiger partial charge in [-0.2, -0.15) is 0 Å². The van der Waals surface area contributed by atoms with Crippen LogP contribution in [0.25, 0.3) is 0 Å². The Morgan fingerprint density at radius 2 is 1.36 bits per heavy atom. The van der Waals surface area contributed by atoms with E-state index in [4.69, 9.17) is 8.83 Å². The van der Waals surface area contributed by atoms with Crippen LogP contribution in [-0.2, 0) is 0 Å². The van der Waals surface area contributed by atoms with Crippen LogP contribution in [0.15, 0.2) is 33.8 Å². The predicted octanol–water partition coefficient (Wildman–Crippen LogP) is 1.13. The molecule has 0 aliphatic heterocycles. The molecule has 2 atom stereocenters. The van der Waals surface area contributed by atoms with Gasteiger partial charge in [0.1, 0.15) is 12.5 Å². The van der Waals surface area contributed by atoms with Gasteiger partial charge in [-0.3, -0.25) is 9.59 Å². The predicted molar refractivity (Wildman–Crippen MR) is 74.0 cm³/mol. The Labute approximate surface area is 126 Å². The number of amides is 2. The van der Waals surface area contributed by atoms with Crippen LogP contribution in [0.3, 0.4) is 0 Å². The lowest BCUT2D eigenvalue weighted by Crippen LogP contribution is -2.53. The Balaban J connectivity index is 1.63. The van der Waals surface area contributed by atoms with Gasteiger partial charge in [-0.15, -0.1) is 0 Å². The lowest BCUT2D eigenvalue weighted by atomic mass is 9.90. The summed E-state index contributed by atoms with van der Waals surface area (Å²) in [5.74, 6) is -0.730. The van der Waals surface area contributed by atoms with E-state index in [2.05, 4.69) is 20.6 Å². The molecule has 0 saturated heterocycles. The molecule has 0 radical (unpaired) electrons. The molecule has 1 aliphatic rings. The number of hydrogen-bond donors (Lipinski definition) is 2. The molecule has 2 heterocycles. The van der Waals surface area contributed by atoms with E-state index in [9.17, 15) is 9.59 Å². The Hall–Kier alpha value is -2.64. The smallest absolute Gasteiger partial charge is 0.307 e. The van der Waals surface area contributed by atoms with E-state index in [1.807, 2.05) is 0 Å². The quantitative estimate of drug-likeness (QED) is 0.876. The zero-order valence-corrected chi connectivity index (χ0v) is 11.8. The fourth-order valence-corrected chi connectivity index (χ4v) is 2.61. The minimum atomic E-state index is -0.382. The van der Waals surface area contributed by atoms with Crippen molar-refractivity contribution >= 4 is 11.8 Å². The van der Waals surface area contributed by atoms with Crippen LogP contribution in [0.1, 0.15) is 47.1 Å². The molecule has 2 aromatic rings. The average Bonchev–Trinajstić information content (AvgIpc) is 3.23. The summed E-state index contributed by atoms with van der Waals surface area (Å²) in [4.78, 5) is 31.7. The maximum absolute atomic E-state index is 12.0. The van der Waals surface area contributed by atoms with Crippen LogP contribution < -0.4 is 10.6 Å². The van der Waals surface area contributed by atoms with Gasteiger partial charge < -0.3 is 19.5 Å². The number of nitrogens with one attached hydrogen (secondary N) is 2. The first-order chi connectivity index (χ1) is 10.7. The van der Waals surface area contributed by atoms with Gasteiger partial charge in [0.15, 0.2) is 0 Å². The SMILES string of the molecule is O=C(NC1CCCCC1NC(=O)c1ncco1)c1ncco1. The Bertz CT molecular complexity index is 567. The van der Waals surface area contributed by atoms with Crippen molar-refractivity contribution in [1.29, 1.82) is 0 Å². The summed E-state index contributed by atoms with van der Waals surface area (Å²) in [6.45, 7) is 0. The van der Waals surface area contributed by atoms with Gasteiger partial charge >= 0.3 is 11.8 Å². The van der Waals surface area contributed by atoms with Gasteiger partial charge in [0.2, 0.25) is 0 Å². The zero-order chi connectivity index (χ0) is 15.4. The van der Waals surface area contributed by atoms with Gasteiger partial charge in [0.25, 0.3) is 11.8 Å². The molecule has 116 valence electrons. The first kappa shape index (κ1) is 14.3. The molecular weight excluding hydrogens is 288 g/mol. The molecule has 2 aromatic heterocycles. The highest BCUT2D eigenvalue weighted by molar-refractivity contribution is 5.91. The molecular formula is C14H16N4O4. The number of nitrogens with zero attached hydrogens (tertiary/aromatic N) is 2. The number of rotatable bonds is 4. The second-order valence-corrected chi connectivity index (χ2v) is 5.12. The average molecular weight is 304 g/mol. The highest BCUT2D eigenvalue weighted by Crippen LogP contribution is 2.19. The van der Waals surface area contributed by atoms with Crippen LogP contribution in [0.4, 0.5) is 0 Å². The second kappa shape index (κ2) is 6.42.